The lowest BCUT2D eigenvalue weighted by Gasteiger charge is -2.08. The van der Waals surface area contributed by atoms with Gasteiger partial charge in [-0.05, 0) is 44.2 Å². The van der Waals surface area contributed by atoms with Crippen LogP contribution in [0.4, 0.5) is 15.8 Å². The van der Waals surface area contributed by atoms with Gasteiger partial charge in [-0.1, -0.05) is 29.8 Å². The summed E-state index contributed by atoms with van der Waals surface area (Å²) in [6, 6.07) is 13.1. The van der Waals surface area contributed by atoms with Crippen LogP contribution in [0, 0.1) is 19.7 Å². The number of aromatic nitrogens is 2. The van der Waals surface area contributed by atoms with Crippen LogP contribution in [0.25, 0.3) is 5.69 Å². The first-order valence-corrected chi connectivity index (χ1v) is 8.43. The first-order chi connectivity index (χ1) is 12.9. The number of nitrogens with zero attached hydrogens (tertiary/aromatic N) is 2. The number of anilines is 2. The normalized spacial score (nSPS) is 10.5. The van der Waals surface area contributed by atoms with Crippen LogP contribution in [0.3, 0.4) is 0 Å². The lowest BCUT2D eigenvalue weighted by Crippen LogP contribution is -2.29. The van der Waals surface area contributed by atoms with Crippen LogP contribution in [0.2, 0.25) is 5.02 Å². The molecule has 138 valence electrons. The Morgan fingerprint density at radius 2 is 1.70 bits per heavy atom. The Labute approximate surface area is 160 Å². The smallest absolute Gasteiger partial charge is 0.314 e. The van der Waals surface area contributed by atoms with Gasteiger partial charge in [-0.15, -0.1) is 0 Å². The van der Waals surface area contributed by atoms with E-state index in [0.717, 1.165) is 11.8 Å². The number of aryl methyl sites for hydroxylation is 1. The number of hydrogen-bond donors (Lipinski definition) is 2. The van der Waals surface area contributed by atoms with Crippen LogP contribution in [0.15, 0.2) is 48.5 Å². The third kappa shape index (κ3) is 3.98. The molecule has 0 fully saturated rings. The van der Waals surface area contributed by atoms with Crippen LogP contribution in [-0.4, -0.2) is 21.6 Å². The van der Waals surface area contributed by atoms with Gasteiger partial charge in [-0.2, -0.15) is 5.10 Å². The van der Waals surface area contributed by atoms with Gasteiger partial charge in [-0.25, -0.2) is 9.07 Å². The lowest BCUT2D eigenvalue weighted by molar-refractivity contribution is -0.133. The SMILES string of the molecule is Cc1nn(-c2ccccc2)c(C)c1NC(=O)C(=O)Nc1cc(Cl)ccc1F. The number of halogens is 2. The summed E-state index contributed by atoms with van der Waals surface area (Å²) in [5.74, 6) is -2.64. The van der Waals surface area contributed by atoms with Gasteiger partial charge in [0.25, 0.3) is 0 Å². The lowest BCUT2D eigenvalue weighted by atomic mass is 10.2. The minimum absolute atomic E-state index is 0.170. The molecule has 0 aliphatic heterocycles. The number of carbonyl (C=O) groups is 2. The maximum Gasteiger partial charge on any atom is 0.314 e. The van der Waals surface area contributed by atoms with Crippen molar-refractivity contribution < 1.29 is 14.0 Å². The number of carbonyl (C=O) groups excluding carboxylic acids is 2. The molecule has 2 aromatic carbocycles. The third-order valence-corrected chi connectivity index (χ3v) is 4.15. The Bertz CT molecular complexity index is 1020. The molecule has 3 rings (SSSR count). The zero-order valence-corrected chi connectivity index (χ0v) is 15.3. The largest absolute Gasteiger partial charge is 0.315 e. The zero-order valence-electron chi connectivity index (χ0n) is 14.6. The molecule has 1 aromatic heterocycles. The van der Waals surface area contributed by atoms with Crippen molar-refractivity contribution >= 4 is 34.8 Å². The second-order valence-corrected chi connectivity index (χ2v) is 6.26. The molecule has 0 bridgehead atoms. The number of hydrogen-bond acceptors (Lipinski definition) is 3. The maximum absolute atomic E-state index is 13.7. The maximum atomic E-state index is 13.7. The van der Waals surface area contributed by atoms with E-state index in [-0.39, 0.29) is 10.7 Å². The standard InChI is InChI=1S/C19H16ClFN4O2/c1-11-17(12(2)25(24-11)14-6-4-3-5-7-14)23-19(27)18(26)22-16-10-13(20)8-9-15(16)21/h3-10H,1-2H3,(H,22,26)(H,23,27). The molecule has 2 amide bonds. The van der Waals surface area contributed by atoms with Gasteiger partial charge in [0.15, 0.2) is 0 Å². The summed E-state index contributed by atoms with van der Waals surface area (Å²) in [6.07, 6.45) is 0. The summed E-state index contributed by atoms with van der Waals surface area (Å²) in [4.78, 5) is 24.4. The predicted molar refractivity (Wildman–Crippen MR) is 102 cm³/mol. The Balaban J connectivity index is 1.79. The Kier molecular flexibility index (Phi) is 5.23. The van der Waals surface area contributed by atoms with E-state index in [4.69, 9.17) is 11.6 Å². The second-order valence-electron chi connectivity index (χ2n) is 5.83. The minimum Gasteiger partial charge on any atom is -0.315 e. The van der Waals surface area contributed by atoms with Gasteiger partial charge in [0.2, 0.25) is 0 Å². The third-order valence-electron chi connectivity index (χ3n) is 3.91. The quantitative estimate of drug-likeness (QED) is 0.671. The Morgan fingerprint density at radius 3 is 2.41 bits per heavy atom. The summed E-state index contributed by atoms with van der Waals surface area (Å²) < 4.78 is 15.4. The molecule has 0 radical (unpaired) electrons. The number of para-hydroxylation sites is 1. The van der Waals surface area contributed by atoms with E-state index < -0.39 is 17.6 Å². The highest BCUT2D eigenvalue weighted by Gasteiger charge is 2.20. The van der Waals surface area contributed by atoms with E-state index in [9.17, 15) is 14.0 Å². The van der Waals surface area contributed by atoms with Crippen molar-refractivity contribution in [2.24, 2.45) is 0 Å². The van der Waals surface area contributed by atoms with Gasteiger partial charge in [0, 0.05) is 5.02 Å². The molecule has 0 unspecified atom stereocenters. The first-order valence-electron chi connectivity index (χ1n) is 8.06. The van der Waals surface area contributed by atoms with Gasteiger partial charge >= 0.3 is 11.8 Å². The monoisotopic (exact) mass is 386 g/mol. The molecule has 1 heterocycles. The van der Waals surface area contributed by atoms with Crippen LogP contribution < -0.4 is 10.6 Å². The Hall–Kier alpha value is -3.19. The van der Waals surface area contributed by atoms with Crippen molar-refractivity contribution in [1.29, 1.82) is 0 Å². The molecule has 2 N–H and O–H groups in total. The van der Waals surface area contributed by atoms with Crippen molar-refractivity contribution in [3.63, 3.8) is 0 Å². The van der Waals surface area contributed by atoms with E-state index in [2.05, 4.69) is 15.7 Å². The average molecular weight is 387 g/mol. The fourth-order valence-corrected chi connectivity index (χ4v) is 2.76. The summed E-state index contributed by atoms with van der Waals surface area (Å²) in [5, 5.41) is 9.38. The molecule has 0 aliphatic rings. The average Bonchev–Trinajstić information content (AvgIpc) is 2.93. The highest BCUT2D eigenvalue weighted by molar-refractivity contribution is 6.44. The number of rotatable bonds is 3. The molecule has 0 aliphatic carbocycles. The van der Waals surface area contributed by atoms with E-state index in [0.29, 0.717) is 17.1 Å². The van der Waals surface area contributed by atoms with E-state index in [1.807, 2.05) is 30.3 Å². The fraction of sp³-hybridized carbons (Fsp3) is 0.105. The second kappa shape index (κ2) is 7.59. The number of amides is 2. The van der Waals surface area contributed by atoms with Crippen LogP contribution in [-0.2, 0) is 9.59 Å². The molecule has 0 saturated carbocycles. The van der Waals surface area contributed by atoms with Gasteiger partial charge in [0.1, 0.15) is 5.82 Å². The predicted octanol–water partition coefficient (Wildman–Crippen LogP) is 3.86. The molecule has 0 spiro atoms. The van der Waals surface area contributed by atoms with Gasteiger partial charge < -0.3 is 10.6 Å². The molecule has 8 heteroatoms. The summed E-state index contributed by atoms with van der Waals surface area (Å²) in [6.45, 7) is 3.49. The summed E-state index contributed by atoms with van der Waals surface area (Å²) >= 11 is 5.78. The van der Waals surface area contributed by atoms with Crippen molar-refractivity contribution in [2.45, 2.75) is 13.8 Å². The molecule has 0 saturated heterocycles. The molecule has 0 atom stereocenters. The van der Waals surface area contributed by atoms with Crippen LogP contribution in [0.5, 0.6) is 0 Å². The first kappa shape index (κ1) is 18.6. The van der Waals surface area contributed by atoms with Crippen LogP contribution in [0.1, 0.15) is 11.4 Å². The zero-order chi connectivity index (χ0) is 19.6. The molecule has 27 heavy (non-hydrogen) atoms. The van der Waals surface area contributed by atoms with Crippen molar-refractivity contribution in [1.82, 2.24) is 9.78 Å². The minimum atomic E-state index is -1.01. The van der Waals surface area contributed by atoms with E-state index in [1.165, 1.54) is 12.1 Å². The molecule has 3 aromatic rings. The van der Waals surface area contributed by atoms with Gasteiger partial charge in [-0.3, -0.25) is 9.59 Å². The summed E-state index contributed by atoms with van der Waals surface area (Å²) in [5.41, 5.74) is 2.28. The van der Waals surface area contributed by atoms with E-state index >= 15 is 0 Å². The highest BCUT2D eigenvalue weighted by atomic mass is 35.5. The van der Waals surface area contributed by atoms with Crippen molar-refractivity contribution in [2.75, 3.05) is 10.6 Å². The van der Waals surface area contributed by atoms with E-state index in [1.54, 1.807) is 18.5 Å². The van der Waals surface area contributed by atoms with Gasteiger partial charge in [0.05, 0.1) is 28.5 Å². The topological polar surface area (TPSA) is 76.0 Å². The molecular weight excluding hydrogens is 371 g/mol. The van der Waals surface area contributed by atoms with Crippen LogP contribution >= 0.6 is 11.6 Å². The number of benzene rings is 2. The number of nitrogens with one attached hydrogen (secondary N) is 2. The highest BCUT2D eigenvalue weighted by Crippen LogP contribution is 2.23. The fourth-order valence-electron chi connectivity index (χ4n) is 2.59. The van der Waals surface area contributed by atoms with Crippen molar-refractivity contribution in [3.8, 4) is 5.69 Å². The molecule has 6 nitrogen and oxygen atoms in total. The summed E-state index contributed by atoms with van der Waals surface area (Å²) in [7, 11) is 0. The van der Waals surface area contributed by atoms with Crippen molar-refractivity contribution in [3.05, 3.63) is 70.8 Å². The molecular formula is C19H16ClFN4O2. The Morgan fingerprint density at radius 1 is 1.04 bits per heavy atom.